The summed E-state index contributed by atoms with van der Waals surface area (Å²) in [4.78, 5) is 26.7. The molecule has 1 aliphatic rings. The molecule has 1 aliphatic heterocycles. The monoisotopic (exact) mass is 443 g/mol. The summed E-state index contributed by atoms with van der Waals surface area (Å²) in [6, 6.07) is 8.90. The zero-order valence-corrected chi connectivity index (χ0v) is 18.3. The molecule has 8 nitrogen and oxygen atoms in total. The van der Waals surface area contributed by atoms with Crippen LogP contribution in [0.15, 0.2) is 41.5 Å². The normalized spacial score (nSPS) is 14.3. The fourth-order valence-electron chi connectivity index (χ4n) is 3.56. The second kappa shape index (κ2) is 10.6. The number of amides is 2. The van der Waals surface area contributed by atoms with Crippen molar-refractivity contribution >= 4 is 18.0 Å². The molecule has 9 heteroatoms. The van der Waals surface area contributed by atoms with Gasteiger partial charge in [0, 0.05) is 30.1 Å². The van der Waals surface area contributed by atoms with E-state index >= 15 is 0 Å². The number of methoxy groups -OCH3 is 3. The van der Waals surface area contributed by atoms with E-state index in [1.54, 1.807) is 17.0 Å². The molecule has 2 aromatic rings. The van der Waals surface area contributed by atoms with E-state index in [0.717, 1.165) is 0 Å². The van der Waals surface area contributed by atoms with Gasteiger partial charge in [0.25, 0.3) is 5.91 Å². The van der Waals surface area contributed by atoms with Crippen molar-refractivity contribution in [2.24, 2.45) is 11.0 Å². The van der Waals surface area contributed by atoms with Crippen molar-refractivity contribution in [3.63, 3.8) is 0 Å². The Kier molecular flexibility index (Phi) is 7.64. The molecule has 2 amide bonds. The van der Waals surface area contributed by atoms with Gasteiger partial charge in [-0.15, -0.1) is 0 Å². The summed E-state index contributed by atoms with van der Waals surface area (Å²) in [6.07, 6.45) is 2.55. The first-order chi connectivity index (χ1) is 15.5. The summed E-state index contributed by atoms with van der Waals surface area (Å²) < 4.78 is 28.9. The van der Waals surface area contributed by atoms with Crippen molar-refractivity contribution in [1.29, 1.82) is 0 Å². The average Bonchev–Trinajstić information content (AvgIpc) is 2.83. The zero-order valence-electron chi connectivity index (χ0n) is 18.3. The Balaban J connectivity index is 1.54. The lowest BCUT2D eigenvalue weighted by molar-refractivity contribution is -0.126. The number of hydrogen-bond acceptors (Lipinski definition) is 6. The van der Waals surface area contributed by atoms with Crippen molar-refractivity contribution in [3.05, 3.63) is 53.3 Å². The van der Waals surface area contributed by atoms with Crippen LogP contribution in [0.1, 0.15) is 28.8 Å². The predicted molar refractivity (Wildman–Crippen MR) is 117 cm³/mol. The second-order valence-electron chi connectivity index (χ2n) is 7.27. The van der Waals surface area contributed by atoms with Gasteiger partial charge in [0.05, 0.1) is 27.5 Å². The number of carbonyl (C=O) groups is 2. The molecule has 0 radical (unpaired) electrons. The highest BCUT2D eigenvalue weighted by Gasteiger charge is 2.27. The van der Waals surface area contributed by atoms with E-state index in [1.165, 1.54) is 51.8 Å². The van der Waals surface area contributed by atoms with Crippen LogP contribution < -0.4 is 19.6 Å². The highest BCUT2D eigenvalue weighted by Crippen LogP contribution is 2.37. The van der Waals surface area contributed by atoms with Gasteiger partial charge in [0.15, 0.2) is 11.5 Å². The number of ether oxygens (including phenoxy) is 3. The first-order valence-electron chi connectivity index (χ1n) is 10.1. The van der Waals surface area contributed by atoms with Gasteiger partial charge in [-0.2, -0.15) is 5.10 Å². The summed E-state index contributed by atoms with van der Waals surface area (Å²) in [7, 11) is 4.56. The van der Waals surface area contributed by atoms with Crippen molar-refractivity contribution in [3.8, 4) is 17.2 Å². The van der Waals surface area contributed by atoms with Gasteiger partial charge in [-0.05, 0) is 49.2 Å². The van der Waals surface area contributed by atoms with E-state index in [2.05, 4.69) is 10.5 Å². The number of halogens is 1. The molecule has 3 rings (SSSR count). The number of carbonyl (C=O) groups excluding carboxylic acids is 2. The van der Waals surface area contributed by atoms with E-state index < -0.39 is 0 Å². The zero-order chi connectivity index (χ0) is 23.1. The molecule has 1 heterocycles. The molecule has 1 N–H and O–H groups in total. The minimum atomic E-state index is -0.385. The fraction of sp³-hybridized carbons (Fsp3) is 0.348. The van der Waals surface area contributed by atoms with Crippen molar-refractivity contribution in [2.75, 3.05) is 34.4 Å². The molecule has 0 atom stereocenters. The molecule has 0 aliphatic carbocycles. The Labute approximate surface area is 186 Å². The van der Waals surface area contributed by atoms with Crippen LogP contribution in [-0.4, -0.2) is 57.3 Å². The average molecular weight is 443 g/mol. The maximum Gasteiger partial charge on any atom is 0.253 e. The third-order valence-electron chi connectivity index (χ3n) is 5.32. The Morgan fingerprint density at radius 2 is 1.62 bits per heavy atom. The lowest BCUT2D eigenvalue weighted by atomic mass is 9.95. The van der Waals surface area contributed by atoms with E-state index in [0.29, 0.717) is 54.3 Å². The standard InChI is InChI=1S/C23H26FN3O5/c1-30-19-12-15(13-20(31-2)21(19)32-3)14-25-26-22(28)16-8-10-27(11-9-16)23(29)17-4-6-18(24)7-5-17/h4-7,12-14,16H,8-11H2,1-3H3,(H,26,28)/b25-14-. The first kappa shape index (κ1) is 23.1. The fourth-order valence-corrected chi connectivity index (χ4v) is 3.56. The highest BCUT2D eigenvalue weighted by atomic mass is 19.1. The maximum atomic E-state index is 13.1. The van der Waals surface area contributed by atoms with Gasteiger partial charge in [0.2, 0.25) is 11.7 Å². The van der Waals surface area contributed by atoms with E-state index in [-0.39, 0.29) is 23.5 Å². The molecule has 0 spiro atoms. The number of likely N-dealkylation sites (tertiary alicyclic amines) is 1. The number of nitrogens with zero attached hydrogens (tertiary/aromatic N) is 2. The number of hydrogen-bond donors (Lipinski definition) is 1. The van der Waals surface area contributed by atoms with Gasteiger partial charge in [-0.25, -0.2) is 9.82 Å². The molecule has 2 aromatic carbocycles. The Morgan fingerprint density at radius 3 is 2.16 bits per heavy atom. The number of benzene rings is 2. The number of hydrazone groups is 1. The van der Waals surface area contributed by atoms with Crippen molar-refractivity contribution < 1.29 is 28.2 Å². The summed E-state index contributed by atoms with van der Waals surface area (Å²) in [5.74, 6) is 0.439. The smallest absolute Gasteiger partial charge is 0.253 e. The number of nitrogens with one attached hydrogen (secondary N) is 1. The van der Waals surface area contributed by atoms with Crippen LogP contribution in [-0.2, 0) is 4.79 Å². The minimum Gasteiger partial charge on any atom is -0.493 e. The van der Waals surface area contributed by atoms with Crippen molar-refractivity contribution in [2.45, 2.75) is 12.8 Å². The van der Waals surface area contributed by atoms with E-state index in [4.69, 9.17) is 14.2 Å². The third-order valence-corrected chi connectivity index (χ3v) is 5.32. The van der Waals surface area contributed by atoms with Gasteiger partial charge >= 0.3 is 0 Å². The molecule has 1 fully saturated rings. The van der Waals surface area contributed by atoms with Crippen LogP contribution in [0.25, 0.3) is 0 Å². The first-order valence-corrected chi connectivity index (χ1v) is 10.1. The van der Waals surface area contributed by atoms with E-state index in [1.807, 2.05) is 0 Å². The molecule has 0 unspecified atom stereocenters. The molecule has 1 saturated heterocycles. The maximum absolute atomic E-state index is 13.1. The molecule has 32 heavy (non-hydrogen) atoms. The SMILES string of the molecule is COc1cc(/C=N\NC(=O)C2CCN(C(=O)c3ccc(F)cc3)CC2)cc(OC)c1OC. The Hall–Kier alpha value is -3.62. The largest absolute Gasteiger partial charge is 0.493 e. The quantitative estimate of drug-likeness (QED) is 0.525. The third kappa shape index (κ3) is 5.35. The van der Waals surface area contributed by atoms with Gasteiger partial charge in [0.1, 0.15) is 5.82 Å². The molecule has 0 saturated carbocycles. The van der Waals surface area contributed by atoms with Crippen molar-refractivity contribution in [1.82, 2.24) is 10.3 Å². The van der Waals surface area contributed by atoms with Crippen LogP contribution in [0.2, 0.25) is 0 Å². The molecular formula is C23H26FN3O5. The minimum absolute atomic E-state index is 0.163. The van der Waals surface area contributed by atoms with Crippen LogP contribution in [0.3, 0.4) is 0 Å². The van der Waals surface area contributed by atoms with Gasteiger partial charge in [-0.3, -0.25) is 9.59 Å². The summed E-state index contributed by atoms with van der Waals surface area (Å²) in [5.41, 5.74) is 3.66. The van der Waals surface area contributed by atoms with Crippen LogP contribution >= 0.6 is 0 Å². The highest BCUT2D eigenvalue weighted by molar-refractivity contribution is 5.94. The Bertz CT molecular complexity index is 961. The lowest BCUT2D eigenvalue weighted by Gasteiger charge is -2.31. The van der Waals surface area contributed by atoms with Crippen LogP contribution in [0.4, 0.5) is 4.39 Å². The second-order valence-corrected chi connectivity index (χ2v) is 7.27. The number of piperidine rings is 1. The summed E-state index contributed by atoms with van der Waals surface area (Å²) in [5, 5.41) is 4.04. The molecule has 0 bridgehead atoms. The molecular weight excluding hydrogens is 417 g/mol. The topological polar surface area (TPSA) is 89.5 Å². The van der Waals surface area contributed by atoms with Crippen LogP contribution in [0.5, 0.6) is 17.2 Å². The molecule has 170 valence electrons. The van der Waals surface area contributed by atoms with E-state index in [9.17, 15) is 14.0 Å². The lowest BCUT2D eigenvalue weighted by Crippen LogP contribution is -2.42. The number of rotatable bonds is 7. The Morgan fingerprint density at radius 1 is 1.03 bits per heavy atom. The summed E-state index contributed by atoms with van der Waals surface area (Å²) in [6.45, 7) is 0.899. The summed E-state index contributed by atoms with van der Waals surface area (Å²) >= 11 is 0. The van der Waals surface area contributed by atoms with Crippen LogP contribution in [0, 0.1) is 11.7 Å². The molecule has 0 aromatic heterocycles. The van der Waals surface area contributed by atoms with Gasteiger partial charge in [-0.1, -0.05) is 0 Å². The predicted octanol–water partition coefficient (Wildman–Crippen LogP) is 2.85. The van der Waals surface area contributed by atoms with Gasteiger partial charge < -0.3 is 19.1 Å².